The number of rotatable bonds is 1. The van der Waals surface area contributed by atoms with Crippen LogP contribution in [0, 0.1) is 5.92 Å². The number of hydrogen-bond acceptors (Lipinski definition) is 4. The van der Waals surface area contributed by atoms with Crippen molar-refractivity contribution in [3.05, 3.63) is 24.2 Å². The van der Waals surface area contributed by atoms with Crippen LogP contribution in [0.5, 0.6) is 0 Å². The maximum absolute atomic E-state index is 5.69. The lowest BCUT2D eigenvalue weighted by Gasteiger charge is -2.09. The summed E-state index contributed by atoms with van der Waals surface area (Å²) in [5.41, 5.74) is 1.47. The van der Waals surface area contributed by atoms with Gasteiger partial charge in [0.05, 0.1) is 6.04 Å². The van der Waals surface area contributed by atoms with Gasteiger partial charge in [0.25, 0.3) is 0 Å². The van der Waals surface area contributed by atoms with Crippen LogP contribution in [-0.4, -0.2) is 16.5 Å². The average Bonchev–Trinajstić information content (AvgIpc) is 2.82. The van der Waals surface area contributed by atoms with Crippen LogP contribution in [-0.2, 0) is 0 Å². The van der Waals surface area contributed by atoms with E-state index in [0.717, 1.165) is 18.0 Å². The van der Waals surface area contributed by atoms with Gasteiger partial charge in [-0.15, -0.1) is 0 Å². The molecular formula is C11H13N3O. The fourth-order valence-electron chi connectivity index (χ4n) is 2.08. The van der Waals surface area contributed by atoms with Crippen molar-refractivity contribution in [1.29, 1.82) is 0 Å². The number of aromatic nitrogens is 2. The highest BCUT2D eigenvalue weighted by Gasteiger charge is 2.28. The molecule has 0 radical (unpaired) electrons. The molecule has 0 aliphatic carbocycles. The minimum Gasteiger partial charge on any atom is -0.437 e. The first-order valence-electron chi connectivity index (χ1n) is 5.29. The minimum atomic E-state index is 0.249. The second kappa shape index (κ2) is 3.31. The molecule has 4 nitrogen and oxygen atoms in total. The molecule has 3 rings (SSSR count). The standard InChI is InChI=1S/C11H13N3O/c1-7-4-6-12-9(7)11-14-10-8(15-11)3-2-5-13-10/h2-3,5,7,9,12H,4,6H2,1H3. The lowest BCUT2D eigenvalue weighted by atomic mass is 10.0. The van der Waals surface area contributed by atoms with Gasteiger partial charge < -0.3 is 9.73 Å². The highest BCUT2D eigenvalue weighted by atomic mass is 16.3. The molecule has 0 spiro atoms. The van der Waals surface area contributed by atoms with E-state index in [9.17, 15) is 0 Å². The van der Waals surface area contributed by atoms with E-state index in [1.54, 1.807) is 6.20 Å². The number of hydrogen-bond donors (Lipinski definition) is 1. The van der Waals surface area contributed by atoms with E-state index < -0.39 is 0 Å². The van der Waals surface area contributed by atoms with E-state index >= 15 is 0 Å². The molecule has 78 valence electrons. The molecule has 2 atom stereocenters. The molecule has 15 heavy (non-hydrogen) atoms. The lowest BCUT2D eigenvalue weighted by molar-refractivity contribution is 0.394. The molecular weight excluding hydrogens is 190 g/mol. The maximum Gasteiger partial charge on any atom is 0.214 e. The summed E-state index contributed by atoms with van der Waals surface area (Å²) in [4.78, 5) is 8.57. The van der Waals surface area contributed by atoms with Crippen LogP contribution >= 0.6 is 0 Å². The van der Waals surface area contributed by atoms with Crippen molar-refractivity contribution in [3.63, 3.8) is 0 Å². The molecule has 0 saturated carbocycles. The fraction of sp³-hybridized carbons (Fsp3) is 0.455. The molecule has 0 aromatic carbocycles. The zero-order valence-electron chi connectivity index (χ0n) is 8.60. The molecule has 1 saturated heterocycles. The predicted molar refractivity (Wildman–Crippen MR) is 56.3 cm³/mol. The number of nitrogens with zero attached hydrogens (tertiary/aromatic N) is 2. The van der Waals surface area contributed by atoms with Gasteiger partial charge >= 0.3 is 0 Å². The number of fused-ring (bicyclic) bond motifs is 1. The average molecular weight is 203 g/mol. The highest BCUT2D eigenvalue weighted by Crippen LogP contribution is 2.29. The summed E-state index contributed by atoms with van der Waals surface area (Å²) in [6.07, 6.45) is 2.91. The van der Waals surface area contributed by atoms with Crippen molar-refractivity contribution >= 4 is 11.2 Å². The molecule has 1 fully saturated rings. The van der Waals surface area contributed by atoms with Gasteiger partial charge in [-0.1, -0.05) is 6.92 Å². The molecule has 0 bridgehead atoms. The summed E-state index contributed by atoms with van der Waals surface area (Å²) in [7, 11) is 0. The van der Waals surface area contributed by atoms with Gasteiger partial charge in [0.2, 0.25) is 5.89 Å². The van der Waals surface area contributed by atoms with Gasteiger partial charge in [-0.05, 0) is 31.0 Å². The molecule has 1 aliphatic rings. The first-order chi connectivity index (χ1) is 7.34. The highest BCUT2D eigenvalue weighted by molar-refractivity contribution is 5.66. The smallest absolute Gasteiger partial charge is 0.214 e. The lowest BCUT2D eigenvalue weighted by Crippen LogP contribution is -2.16. The summed E-state index contributed by atoms with van der Waals surface area (Å²) in [5, 5.41) is 3.40. The third-order valence-electron chi connectivity index (χ3n) is 2.98. The van der Waals surface area contributed by atoms with Gasteiger partial charge in [0.1, 0.15) is 0 Å². The van der Waals surface area contributed by atoms with Gasteiger partial charge in [-0.25, -0.2) is 4.98 Å². The molecule has 2 aromatic rings. The fourth-order valence-corrected chi connectivity index (χ4v) is 2.08. The van der Waals surface area contributed by atoms with E-state index in [1.807, 2.05) is 12.1 Å². The summed E-state index contributed by atoms with van der Waals surface area (Å²) in [5.74, 6) is 1.35. The second-order valence-electron chi connectivity index (χ2n) is 4.08. The Morgan fingerprint density at radius 3 is 3.20 bits per heavy atom. The van der Waals surface area contributed by atoms with Gasteiger partial charge in [0, 0.05) is 6.20 Å². The van der Waals surface area contributed by atoms with Crippen molar-refractivity contribution in [3.8, 4) is 0 Å². The van der Waals surface area contributed by atoms with Crippen LogP contribution in [0.25, 0.3) is 11.2 Å². The van der Waals surface area contributed by atoms with Crippen LogP contribution in [0.4, 0.5) is 0 Å². The van der Waals surface area contributed by atoms with Crippen molar-refractivity contribution in [2.75, 3.05) is 6.54 Å². The van der Waals surface area contributed by atoms with E-state index in [1.165, 1.54) is 6.42 Å². The minimum absolute atomic E-state index is 0.249. The third-order valence-corrected chi connectivity index (χ3v) is 2.98. The molecule has 2 unspecified atom stereocenters. The monoisotopic (exact) mass is 203 g/mol. The van der Waals surface area contributed by atoms with E-state index in [-0.39, 0.29) is 6.04 Å². The number of oxazole rings is 1. The first kappa shape index (κ1) is 8.85. The molecule has 0 amide bonds. The molecule has 4 heteroatoms. The van der Waals surface area contributed by atoms with Gasteiger partial charge in [0.15, 0.2) is 11.2 Å². The van der Waals surface area contributed by atoms with E-state index in [0.29, 0.717) is 11.6 Å². The summed E-state index contributed by atoms with van der Waals surface area (Å²) < 4.78 is 5.69. The summed E-state index contributed by atoms with van der Waals surface area (Å²) >= 11 is 0. The largest absolute Gasteiger partial charge is 0.437 e. The van der Waals surface area contributed by atoms with Crippen LogP contribution in [0.3, 0.4) is 0 Å². The Bertz CT molecular complexity index is 446. The molecule has 3 heterocycles. The number of nitrogens with one attached hydrogen (secondary N) is 1. The van der Waals surface area contributed by atoms with Crippen LogP contribution in [0.15, 0.2) is 22.7 Å². The van der Waals surface area contributed by atoms with Crippen LogP contribution < -0.4 is 5.32 Å². The number of pyridine rings is 1. The topological polar surface area (TPSA) is 51.0 Å². The van der Waals surface area contributed by atoms with Crippen LogP contribution in [0.1, 0.15) is 25.3 Å². The Labute approximate surface area is 87.7 Å². The zero-order valence-corrected chi connectivity index (χ0v) is 8.60. The molecule has 1 N–H and O–H groups in total. The van der Waals surface area contributed by atoms with Gasteiger partial charge in [-0.2, -0.15) is 4.98 Å². The summed E-state index contributed by atoms with van der Waals surface area (Å²) in [6, 6.07) is 4.01. The van der Waals surface area contributed by atoms with Crippen molar-refractivity contribution < 1.29 is 4.42 Å². The Balaban J connectivity index is 2.04. The zero-order chi connectivity index (χ0) is 10.3. The van der Waals surface area contributed by atoms with E-state index in [2.05, 4.69) is 22.2 Å². The normalized spacial score (nSPS) is 26.2. The summed E-state index contributed by atoms with van der Waals surface area (Å²) in [6.45, 7) is 3.25. The quantitative estimate of drug-likeness (QED) is 0.769. The van der Waals surface area contributed by atoms with Crippen molar-refractivity contribution in [1.82, 2.24) is 15.3 Å². The predicted octanol–water partition coefficient (Wildman–Crippen LogP) is 1.89. The van der Waals surface area contributed by atoms with Crippen molar-refractivity contribution in [2.24, 2.45) is 5.92 Å². The van der Waals surface area contributed by atoms with E-state index in [4.69, 9.17) is 4.42 Å². The second-order valence-corrected chi connectivity index (χ2v) is 4.08. The first-order valence-corrected chi connectivity index (χ1v) is 5.29. The van der Waals surface area contributed by atoms with Crippen LogP contribution in [0.2, 0.25) is 0 Å². The maximum atomic E-state index is 5.69. The Morgan fingerprint density at radius 2 is 2.47 bits per heavy atom. The molecule has 1 aliphatic heterocycles. The Kier molecular flexibility index (Phi) is 1.95. The SMILES string of the molecule is CC1CCNC1c1nc2ncccc2o1. The third kappa shape index (κ3) is 1.41. The molecule has 2 aromatic heterocycles. The van der Waals surface area contributed by atoms with Crippen molar-refractivity contribution in [2.45, 2.75) is 19.4 Å². The Hall–Kier alpha value is -1.42. The Morgan fingerprint density at radius 1 is 1.53 bits per heavy atom. The van der Waals surface area contributed by atoms with Gasteiger partial charge in [-0.3, -0.25) is 0 Å².